The second kappa shape index (κ2) is 10.2. The predicted molar refractivity (Wildman–Crippen MR) is 107 cm³/mol. The molecule has 2 aromatic rings. The van der Waals surface area contributed by atoms with Crippen LogP contribution in [0, 0.1) is 11.2 Å². The number of ether oxygens (including phenoxy) is 2. The van der Waals surface area contributed by atoms with Gasteiger partial charge in [0.05, 0.1) is 18.1 Å². The Kier molecular flexibility index (Phi) is 7.52. The van der Waals surface area contributed by atoms with Gasteiger partial charge in [-0.2, -0.15) is 13.2 Å². The number of hydrogen-bond acceptors (Lipinski definition) is 5. The van der Waals surface area contributed by atoms with Crippen molar-refractivity contribution in [3.8, 4) is 5.88 Å². The van der Waals surface area contributed by atoms with E-state index in [0.717, 1.165) is 12.8 Å². The maximum absolute atomic E-state index is 13.8. The average molecular weight is 470 g/mol. The highest BCUT2D eigenvalue weighted by atomic mass is 19.4. The third-order valence-electron chi connectivity index (χ3n) is 5.54. The number of alkyl halides is 3. The Morgan fingerprint density at radius 2 is 1.91 bits per heavy atom. The average Bonchev–Trinajstić information content (AvgIpc) is 3.22. The van der Waals surface area contributed by atoms with Gasteiger partial charge < -0.3 is 19.5 Å². The number of nitrogens with zero attached hydrogens (tertiary/aromatic N) is 2. The van der Waals surface area contributed by atoms with Crippen molar-refractivity contribution in [2.75, 3.05) is 26.3 Å². The molecule has 2 saturated heterocycles. The zero-order valence-electron chi connectivity index (χ0n) is 17.4. The third kappa shape index (κ3) is 5.98. The van der Waals surface area contributed by atoms with Gasteiger partial charge in [-0.05, 0) is 37.1 Å². The number of rotatable bonds is 4. The Morgan fingerprint density at radius 1 is 1.21 bits per heavy atom. The van der Waals surface area contributed by atoms with Gasteiger partial charge in [0.1, 0.15) is 0 Å². The molecule has 1 amide bonds. The van der Waals surface area contributed by atoms with Crippen molar-refractivity contribution in [1.82, 2.24) is 9.88 Å². The summed E-state index contributed by atoms with van der Waals surface area (Å²) in [6.45, 7) is 2.11. The van der Waals surface area contributed by atoms with Crippen LogP contribution in [0.3, 0.4) is 0 Å². The van der Waals surface area contributed by atoms with Gasteiger partial charge in [0.15, 0.2) is 5.82 Å². The van der Waals surface area contributed by atoms with Gasteiger partial charge in [-0.3, -0.25) is 4.79 Å². The van der Waals surface area contributed by atoms with Crippen LogP contribution in [-0.2, 0) is 9.53 Å². The second-order valence-electron chi connectivity index (χ2n) is 7.74. The number of fused-ring (bicyclic) bond motifs is 1. The van der Waals surface area contributed by atoms with Gasteiger partial charge in [-0.1, -0.05) is 18.2 Å². The number of hydrogen-bond donors (Lipinski definition) is 1. The molecule has 11 heteroatoms. The summed E-state index contributed by atoms with van der Waals surface area (Å²) in [5.41, 5.74) is 0.351. The first kappa shape index (κ1) is 24.4. The summed E-state index contributed by atoms with van der Waals surface area (Å²) in [6.07, 6.45) is -2.02. The van der Waals surface area contributed by atoms with Gasteiger partial charge in [0, 0.05) is 31.5 Å². The zero-order chi connectivity index (χ0) is 24.1. The third-order valence-corrected chi connectivity index (χ3v) is 5.54. The molecule has 1 aromatic heterocycles. The van der Waals surface area contributed by atoms with Crippen LogP contribution in [0.5, 0.6) is 5.88 Å². The summed E-state index contributed by atoms with van der Waals surface area (Å²) in [7, 11) is 0. The summed E-state index contributed by atoms with van der Waals surface area (Å²) in [4.78, 5) is 27.5. The van der Waals surface area contributed by atoms with E-state index in [1.54, 1.807) is 0 Å². The highest BCUT2D eigenvalue weighted by Gasteiger charge is 2.49. The van der Waals surface area contributed by atoms with Crippen molar-refractivity contribution in [2.45, 2.75) is 25.1 Å². The summed E-state index contributed by atoms with van der Waals surface area (Å²) >= 11 is 0. The maximum Gasteiger partial charge on any atom is 0.490 e. The lowest BCUT2D eigenvalue weighted by Gasteiger charge is -2.43. The molecule has 0 spiro atoms. The quantitative estimate of drug-likeness (QED) is 0.688. The Morgan fingerprint density at radius 3 is 2.55 bits per heavy atom. The van der Waals surface area contributed by atoms with E-state index < -0.39 is 18.0 Å². The number of piperidine rings is 1. The fraction of sp³-hybridized carbons (Fsp3) is 0.409. The summed E-state index contributed by atoms with van der Waals surface area (Å²) < 4.78 is 57.2. The number of carbonyl (C=O) groups is 2. The first-order chi connectivity index (χ1) is 15.6. The molecule has 0 saturated carbocycles. The number of amides is 1. The van der Waals surface area contributed by atoms with Crippen molar-refractivity contribution in [1.29, 1.82) is 0 Å². The molecule has 0 bridgehead atoms. The second-order valence-corrected chi connectivity index (χ2v) is 7.74. The maximum atomic E-state index is 13.8. The molecular formula is C22H22F4N2O5. The SMILES string of the molecule is O=C(O)C(F)(F)F.O=C(c1ccccc1)N1CC[C@H]2OCC[C@@]2(COc2ncccc2F)C1. The molecule has 0 radical (unpaired) electrons. The fourth-order valence-electron chi connectivity index (χ4n) is 3.88. The molecule has 1 aromatic carbocycles. The van der Waals surface area contributed by atoms with Crippen molar-refractivity contribution in [2.24, 2.45) is 5.41 Å². The predicted octanol–water partition coefficient (Wildman–Crippen LogP) is 3.55. The van der Waals surface area contributed by atoms with E-state index in [-0.39, 0.29) is 29.9 Å². The number of pyridine rings is 1. The molecule has 1 N–H and O–H groups in total. The number of likely N-dealkylation sites (tertiary alicyclic amines) is 1. The Labute approximate surface area is 186 Å². The number of halogens is 4. The fourth-order valence-corrected chi connectivity index (χ4v) is 3.88. The van der Waals surface area contributed by atoms with Crippen LogP contribution >= 0.6 is 0 Å². The highest BCUT2D eigenvalue weighted by Crippen LogP contribution is 2.41. The number of carbonyl (C=O) groups excluding carboxylic acids is 1. The molecule has 2 fully saturated rings. The first-order valence-corrected chi connectivity index (χ1v) is 10.1. The zero-order valence-corrected chi connectivity index (χ0v) is 17.4. The summed E-state index contributed by atoms with van der Waals surface area (Å²) in [5, 5.41) is 7.12. The molecule has 2 atom stereocenters. The Balaban J connectivity index is 0.000000383. The number of carboxylic acid groups (broad SMARTS) is 1. The summed E-state index contributed by atoms with van der Waals surface area (Å²) in [6, 6.07) is 12.1. The van der Waals surface area contributed by atoms with E-state index in [2.05, 4.69) is 4.98 Å². The van der Waals surface area contributed by atoms with Crippen LogP contribution in [0.1, 0.15) is 23.2 Å². The molecule has 178 valence electrons. The number of carboxylic acids is 1. The van der Waals surface area contributed by atoms with E-state index in [9.17, 15) is 22.4 Å². The van der Waals surface area contributed by atoms with E-state index in [1.165, 1.54) is 18.3 Å². The molecule has 2 aliphatic rings. The Bertz CT molecular complexity index is 973. The largest absolute Gasteiger partial charge is 0.490 e. The van der Waals surface area contributed by atoms with Gasteiger partial charge in [-0.15, -0.1) is 0 Å². The van der Waals surface area contributed by atoms with E-state index in [0.29, 0.717) is 25.3 Å². The lowest BCUT2D eigenvalue weighted by molar-refractivity contribution is -0.192. The van der Waals surface area contributed by atoms with Crippen LogP contribution in [0.15, 0.2) is 48.7 Å². The van der Waals surface area contributed by atoms with Gasteiger partial charge in [0.25, 0.3) is 5.91 Å². The van der Waals surface area contributed by atoms with E-state index >= 15 is 0 Å². The molecular weight excluding hydrogens is 448 g/mol. The van der Waals surface area contributed by atoms with Gasteiger partial charge in [-0.25, -0.2) is 14.2 Å². The van der Waals surface area contributed by atoms with E-state index in [4.69, 9.17) is 19.4 Å². The number of benzene rings is 1. The van der Waals surface area contributed by atoms with Crippen LogP contribution in [0.25, 0.3) is 0 Å². The normalized spacial score (nSPS) is 22.1. The minimum atomic E-state index is -5.08. The molecule has 0 aliphatic carbocycles. The smallest absolute Gasteiger partial charge is 0.475 e. The molecule has 33 heavy (non-hydrogen) atoms. The number of aliphatic carboxylic acids is 1. The summed E-state index contributed by atoms with van der Waals surface area (Å²) in [5.74, 6) is -3.22. The topological polar surface area (TPSA) is 89.0 Å². The molecule has 3 heterocycles. The monoisotopic (exact) mass is 470 g/mol. The van der Waals surface area contributed by atoms with Crippen molar-refractivity contribution >= 4 is 11.9 Å². The van der Waals surface area contributed by atoms with Gasteiger partial charge in [0.2, 0.25) is 5.88 Å². The lowest BCUT2D eigenvalue weighted by Crippen LogP contribution is -2.54. The minimum absolute atomic E-state index is 0.000894. The van der Waals surface area contributed by atoms with Crippen LogP contribution in [-0.4, -0.2) is 65.5 Å². The molecule has 0 unspecified atom stereocenters. The molecule has 4 rings (SSSR count). The standard InChI is InChI=1S/C20H21FN2O3.C2HF3O2/c21-16-7-4-10-22-18(16)26-14-20-9-12-25-17(20)8-11-23(13-20)19(24)15-5-2-1-3-6-15;3-2(4,5)1(6)7/h1-7,10,17H,8-9,11-14H2;(H,6,7)/t17-,20+;/m1./s1. The van der Waals surface area contributed by atoms with Crippen molar-refractivity contribution in [3.63, 3.8) is 0 Å². The van der Waals surface area contributed by atoms with Crippen LogP contribution < -0.4 is 4.74 Å². The first-order valence-electron chi connectivity index (χ1n) is 10.1. The van der Waals surface area contributed by atoms with Crippen molar-refractivity contribution in [3.05, 3.63) is 60.0 Å². The minimum Gasteiger partial charge on any atom is -0.475 e. The lowest BCUT2D eigenvalue weighted by atomic mass is 9.77. The number of aromatic nitrogens is 1. The highest BCUT2D eigenvalue weighted by molar-refractivity contribution is 5.94. The van der Waals surface area contributed by atoms with Crippen molar-refractivity contribution < 1.29 is 41.7 Å². The van der Waals surface area contributed by atoms with Gasteiger partial charge >= 0.3 is 12.1 Å². The van der Waals surface area contributed by atoms with Crippen LogP contribution in [0.4, 0.5) is 17.6 Å². The molecule has 2 aliphatic heterocycles. The van der Waals surface area contributed by atoms with Crippen LogP contribution in [0.2, 0.25) is 0 Å². The molecule has 7 nitrogen and oxygen atoms in total. The van der Waals surface area contributed by atoms with E-state index in [1.807, 2.05) is 35.2 Å². The Hall–Kier alpha value is -3.21.